The molecule has 0 saturated carbocycles. The third-order valence-corrected chi connectivity index (χ3v) is 5.18. The Bertz CT molecular complexity index is 1240. The summed E-state index contributed by atoms with van der Waals surface area (Å²) in [5.74, 6) is 0.503. The first-order valence-corrected chi connectivity index (χ1v) is 10.1. The van der Waals surface area contributed by atoms with E-state index in [0.717, 1.165) is 5.56 Å². The highest BCUT2D eigenvalue weighted by Gasteiger charge is 2.35. The highest BCUT2D eigenvalue weighted by atomic mass is 16.5. The van der Waals surface area contributed by atoms with Gasteiger partial charge in [-0.15, -0.1) is 5.10 Å². The monoisotopic (exact) mass is 435 g/mol. The normalized spacial score (nSPS) is 20.6. The summed E-state index contributed by atoms with van der Waals surface area (Å²) in [4.78, 5) is 13.5. The van der Waals surface area contributed by atoms with Gasteiger partial charge in [0, 0.05) is 12.0 Å². The van der Waals surface area contributed by atoms with Gasteiger partial charge in [0.05, 0.1) is 25.2 Å². The molecule has 0 radical (unpaired) electrons. The Labute approximate surface area is 182 Å². The molecule has 3 aromatic heterocycles. The highest BCUT2D eigenvalue weighted by molar-refractivity contribution is 5.77. The molecule has 32 heavy (non-hydrogen) atoms. The quantitative estimate of drug-likeness (QED) is 0.412. The van der Waals surface area contributed by atoms with Crippen LogP contribution < -0.4 is 4.74 Å². The second-order valence-electron chi connectivity index (χ2n) is 7.28. The Balaban J connectivity index is 1.57. The molecule has 11 nitrogen and oxygen atoms in total. The zero-order valence-corrected chi connectivity index (χ0v) is 17.0. The molecular formula is C21H21N7O4. The number of rotatable bonds is 7. The van der Waals surface area contributed by atoms with Crippen molar-refractivity contribution in [2.24, 2.45) is 0 Å². The number of imidazole rings is 1. The SMILES string of the molecule is C=CCOc1nc(-n2cc(-c3ccccc3)nn2)nc2c1ncn2[C@H]1C[C@H](O)[C@@H](CO)O1. The van der Waals surface area contributed by atoms with E-state index in [2.05, 4.69) is 31.8 Å². The summed E-state index contributed by atoms with van der Waals surface area (Å²) in [5, 5.41) is 27.9. The fourth-order valence-corrected chi connectivity index (χ4v) is 3.58. The average Bonchev–Trinajstić information content (AvgIpc) is 3.55. The highest BCUT2D eigenvalue weighted by Crippen LogP contribution is 2.32. The summed E-state index contributed by atoms with van der Waals surface area (Å²) >= 11 is 0. The zero-order valence-electron chi connectivity index (χ0n) is 17.0. The van der Waals surface area contributed by atoms with Gasteiger partial charge in [-0.3, -0.25) is 4.57 Å². The maximum absolute atomic E-state index is 10.1. The van der Waals surface area contributed by atoms with Crippen LogP contribution in [-0.4, -0.2) is 70.1 Å². The molecule has 1 aromatic carbocycles. The van der Waals surface area contributed by atoms with Crippen molar-refractivity contribution in [1.82, 2.24) is 34.5 Å². The van der Waals surface area contributed by atoms with E-state index < -0.39 is 18.4 Å². The molecule has 0 aliphatic carbocycles. The molecule has 0 amide bonds. The summed E-state index contributed by atoms with van der Waals surface area (Å²) in [7, 11) is 0. The maximum Gasteiger partial charge on any atom is 0.257 e. The second-order valence-corrected chi connectivity index (χ2v) is 7.28. The second kappa shape index (κ2) is 8.46. The van der Waals surface area contributed by atoms with Crippen LogP contribution in [0.4, 0.5) is 0 Å². The number of hydrogen-bond acceptors (Lipinski definition) is 9. The molecule has 2 N–H and O–H groups in total. The fourth-order valence-electron chi connectivity index (χ4n) is 3.58. The van der Waals surface area contributed by atoms with Crippen molar-refractivity contribution in [3.05, 3.63) is 55.5 Å². The Morgan fingerprint density at radius 3 is 2.84 bits per heavy atom. The van der Waals surface area contributed by atoms with Gasteiger partial charge in [0.1, 0.15) is 24.6 Å². The Morgan fingerprint density at radius 1 is 1.25 bits per heavy atom. The van der Waals surface area contributed by atoms with E-state index in [1.54, 1.807) is 23.2 Å². The van der Waals surface area contributed by atoms with Crippen molar-refractivity contribution >= 4 is 11.2 Å². The number of benzene rings is 1. The summed E-state index contributed by atoms with van der Waals surface area (Å²) < 4.78 is 14.6. The molecule has 4 aromatic rings. The van der Waals surface area contributed by atoms with Gasteiger partial charge in [-0.05, 0) is 0 Å². The summed E-state index contributed by atoms with van der Waals surface area (Å²) in [5.41, 5.74) is 2.46. The third-order valence-electron chi connectivity index (χ3n) is 5.18. The molecule has 1 aliphatic heterocycles. The lowest BCUT2D eigenvalue weighted by molar-refractivity contribution is -0.0432. The predicted molar refractivity (Wildman–Crippen MR) is 113 cm³/mol. The molecule has 5 rings (SSSR count). The van der Waals surface area contributed by atoms with Gasteiger partial charge in [-0.1, -0.05) is 48.2 Å². The van der Waals surface area contributed by atoms with Gasteiger partial charge >= 0.3 is 0 Å². The lowest BCUT2D eigenvalue weighted by atomic mass is 10.2. The number of hydrogen-bond donors (Lipinski definition) is 2. The summed E-state index contributed by atoms with van der Waals surface area (Å²) in [6.07, 6.45) is 3.18. The van der Waals surface area contributed by atoms with Crippen molar-refractivity contribution in [2.45, 2.75) is 24.9 Å². The molecular weight excluding hydrogens is 414 g/mol. The van der Waals surface area contributed by atoms with Crippen molar-refractivity contribution in [2.75, 3.05) is 13.2 Å². The van der Waals surface area contributed by atoms with Crippen LogP contribution in [0.15, 0.2) is 55.5 Å². The van der Waals surface area contributed by atoms with Crippen LogP contribution in [-0.2, 0) is 4.74 Å². The van der Waals surface area contributed by atoms with Crippen molar-refractivity contribution in [3.8, 4) is 23.1 Å². The maximum atomic E-state index is 10.1. The number of nitrogens with zero attached hydrogens (tertiary/aromatic N) is 7. The van der Waals surface area contributed by atoms with Crippen LogP contribution in [0.2, 0.25) is 0 Å². The van der Waals surface area contributed by atoms with Gasteiger partial charge in [-0.25, -0.2) is 4.98 Å². The van der Waals surface area contributed by atoms with Crippen molar-refractivity contribution in [3.63, 3.8) is 0 Å². The van der Waals surface area contributed by atoms with Crippen LogP contribution in [0.3, 0.4) is 0 Å². The van der Waals surface area contributed by atoms with E-state index in [-0.39, 0.29) is 25.0 Å². The number of aliphatic hydroxyl groups is 2. The average molecular weight is 435 g/mol. The minimum atomic E-state index is -0.788. The molecule has 11 heteroatoms. The Morgan fingerprint density at radius 2 is 2.09 bits per heavy atom. The molecule has 0 unspecified atom stereocenters. The smallest absolute Gasteiger partial charge is 0.257 e. The van der Waals surface area contributed by atoms with Crippen LogP contribution in [0, 0.1) is 0 Å². The van der Waals surface area contributed by atoms with E-state index in [0.29, 0.717) is 23.3 Å². The van der Waals surface area contributed by atoms with Crippen molar-refractivity contribution in [1.29, 1.82) is 0 Å². The van der Waals surface area contributed by atoms with E-state index in [9.17, 15) is 10.2 Å². The van der Waals surface area contributed by atoms with E-state index >= 15 is 0 Å². The minimum Gasteiger partial charge on any atom is -0.472 e. The molecule has 1 saturated heterocycles. The summed E-state index contributed by atoms with van der Waals surface area (Å²) in [6, 6.07) is 9.65. The number of ether oxygens (including phenoxy) is 2. The van der Waals surface area contributed by atoms with Crippen LogP contribution in [0.1, 0.15) is 12.6 Å². The Hall–Kier alpha value is -3.67. The standard InChI is InChI=1S/C21H21N7O4/c1-2-8-31-20-18-19(27(12-22-18)17-9-15(30)16(11-29)32-17)23-21(24-20)28-10-14(25-26-28)13-6-4-3-5-7-13/h2-7,10,12,15-17,29-30H,1,8-9,11H2/t15-,16+,17+/m0/s1. The zero-order chi connectivity index (χ0) is 22.1. The van der Waals surface area contributed by atoms with Gasteiger partial charge in [-0.2, -0.15) is 14.6 Å². The first-order chi connectivity index (χ1) is 15.7. The van der Waals surface area contributed by atoms with E-state index in [1.807, 2.05) is 30.3 Å². The van der Waals surface area contributed by atoms with Crippen LogP contribution in [0.5, 0.6) is 5.88 Å². The molecule has 164 valence electrons. The number of aliphatic hydroxyl groups excluding tert-OH is 2. The molecule has 0 bridgehead atoms. The van der Waals surface area contributed by atoms with Crippen LogP contribution >= 0.6 is 0 Å². The lowest BCUT2D eigenvalue weighted by Crippen LogP contribution is -2.24. The van der Waals surface area contributed by atoms with E-state index in [1.165, 1.54) is 4.68 Å². The fraction of sp³-hybridized carbons (Fsp3) is 0.286. The number of fused-ring (bicyclic) bond motifs is 1. The third kappa shape index (κ3) is 3.62. The Kier molecular flexibility index (Phi) is 5.35. The first kappa shape index (κ1) is 20.2. The molecule has 1 fully saturated rings. The molecule has 0 spiro atoms. The van der Waals surface area contributed by atoms with Crippen LogP contribution in [0.25, 0.3) is 28.4 Å². The topological polar surface area (TPSA) is 133 Å². The summed E-state index contributed by atoms with van der Waals surface area (Å²) in [6.45, 7) is 3.63. The minimum absolute atomic E-state index is 0.232. The van der Waals surface area contributed by atoms with Crippen molar-refractivity contribution < 1.29 is 19.7 Å². The first-order valence-electron chi connectivity index (χ1n) is 10.1. The lowest BCUT2D eigenvalue weighted by Gasteiger charge is -2.14. The van der Waals surface area contributed by atoms with Gasteiger partial charge in [0.2, 0.25) is 5.88 Å². The van der Waals surface area contributed by atoms with Gasteiger partial charge < -0.3 is 19.7 Å². The molecule has 3 atom stereocenters. The molecule has 1 aliphatic rings. The largest absolute Gasteiger partial charge is 0.472 e. The van der Waals surface area contributed by atoms with Gasteiger partial charge in [0.15, 0.2) is 11.2 Å². The van der Waals surface area contributed by atoms with E-state index in [4.69, 9.17) is 9.47 Å². The van der Waals surface area contributed by atoms with Gasteiger partial charge in [0.25, 0.3) is 5.95 Å². The molecule has 4 heterocycles. The predicted octanol–water partition coefficient (Wildman–Crippen LogP) is 1.28. The number of aromatic nitrogens is 7.